The van der Waals surface area contributed by atoms with E-state index in [0.29, 0.717) is 0 Å². The van der Waals surface area contributed by atoms with Gasteiger partial charge in [-0.2, -0.15) is 0 Å². The zero-order chi connectivity index (χ0) is 21.5. The smallest absolute Gasteiger partial charge is 0.304 e. The molecule has 0 radical (unpaired) electrons. The standard InChI is InChI=1S/C21H21N3O5S/c1-13(25)29-21-18(20(28)24-21)23-19(27)16(12-14-6-3-2-4-7-14)22-17(26)10-9-15-8-5-11-30-15/h2-11,16,18,21H,12H2,1H3,(H,22,26)(H,23,27)(H,24,28)/b10-9+/t16-,18+,21-/m0/s1. The van der Waals surface area contributed by atoms with Gasteiger partial charge in [0.2, 0.25) is 18.0 Å². The van der Waals surface area contributed by atoms with Gasteiger partial charge in [0.1, 0.15) is 6.04 Å². The fourth-order valence-electron chi connectivity index (χ4n) is 2.85. The summed E-state index contributed by atoms with van der Waals surface area (Å²) in [7, 11) is 0. The molecule has 1 aromatic carbocycles. The Morgan fingerprint density at radius 2 is 1.97 bits per heavy atom. The summed E-state index contributed by atoms with van der Waals surface area (Å²) in [4.78, 5) is 49.0. The number of hydrogen-bond acceptors (Lipinski definition) is 6. The van der Waals surface area contributed by atoms with Crippen LogP contribution in [0.1, 0.15) is 17.4 Å². The molecule has 1 aliphatic heterocycles. The number of amides is 3. The Bertz CT molecular complexity index is 943. The minimum absolute atomic E-state index is 0.234. The molecule has 0 saturated carbocycles. The highest BCUT2D eigenvalue weighted by atomic mass is 32.1. The molecule has 2 aromatic rings. The second-order valence-corrected chi connectivity index (χ2v) is 7.60. The van der Waals surface area contributed by atoms with Crippen molar-refractivity contribution in [3.8, 4) is 0 Å². The van der Waals surface area contributed by atoms with Gasteiger partial charge in [0.05, 0.1) is 0 Å². The first kappa shape index (κ1) is 21.3. The molecule has 3 amide bonds. The molecule has 0 unspecified atom stereocenters. The predicted octanol–water partition coefficient (Wildman–Crippen LogP) is 0.993. The second kappa shape index (κ2) is 9.84. The van der Waals surface area contributed by atoms with Gasteiger partial charge in [-0.25, -0.2) is 0 Å². The fourth-order valence-corrected chi connectivity index (χ4v) is 3.47. The summed E-state index contributed by atoms with van der Waals surface area (Å²) >= 11 is 1.49. The summed E-state index contributed by atoms with van der Waals surface area (Å²) in [5.74, 6) is -2.02. The normalized spacial score (nSPS) is 18.8. The van der Waals surface area contributed by atoms with Crippen molar-refractivity contribution in [2.75, 3.05) is 0 Å². The zero-order valence-electron chi connectivity index (χ0n) is 16.2. The molecule has 0 bridgehead atoms. The largest absolute Gasteiger partial charge is 0.439 e. The van der Waals surface area contributed by atoms with Crippen LogP contribution in [0.15, 0.2) is 53.9 Å². The van der Waals surface area contributed by atoms with Crippen LogP contribution in [0.2, 0.25) is 0 Å². The average molecular weight is 427 g/mol. The third-order valence-electron chi connectivity index (χ3n) is 4.32. The number of esters is 1. The van der Waals surface area contributed by atoms with Gasteiger partial charge in [-0.15, -0.1) is 11.3 Å². The van der Waals surface area contributed by atoms with Gasteiger partial charge in [-0.3, -0.25) is 19.2 Å². The molecule has 3 atom stereocenters. The maximum atomic E-state index is 12.8. The Kier molecular flexibility index (Phi) is 6.97. The van der Waals surface area contributed by atoms with Crippen LogP contribution in [-0.2, 0) is 30.3 Å². The Labute approximate surface area is 177 Å². The van der Waals surface area contributed by atoms with Crippen molar-refractivity contribution in [3.63, 3.8) is 0 Å². The molecule has 9 heteroatoms. The number of β-lactam (4-membered cyclic amide) rings is 1. The molecule has 1 aromatic heterocycles. The van der Waals surface area contributed by atoms with E-state index in [0.717, 1.165) is 10.4 Å². The van der Waals surface area contributed by atoms with Crippen LogP contribution < -0.4 is 16.0 Å². The topological polar surface area (TPSA) is 114 Å². The molecule has 1 aliphatic rings. The lowest BCUT2D eigenvalue weighted by atomic mass is 10.0. The lowest BCUT2D eigenvalue weighted by Gasteiger charge is -2.36. The molecule has 3 rings (SSSR count). The highest BCUT2D eigenvalue weighted by Crippen LogP contribution is 2.12. The quantitative estimate of drug-likeness (QED) is 0.330. The van der Waals surface area contributed by atoms with Crippen molar-refractivity contribution in [1.82, 2.24) is 16.0 Å². The minimum Gasteiger partial charge on any atom is -0.439 e. The number of carbonyl (C=O) groups excluding carboxylic acids is 4. The van der Waals surface area contributed by atoms with Crippen molar-refractivity contribution in [1.29, 1.82) is 0 Å². The SMILES string of the molecule is CC(=O)O[C@@H]1NC(=O)[C@H]1NC(=O)[C@H](Cc1ccccc1)NC(=O)/C=C/c1cccs1. The average Bonchev–Trinajstić information content (AvgIpc) is 3.24. The summed E-state index contributed by atoms with van der Waals surface area (Å²) in [6.45, 7) is 1.21. The van der Waals surface area contributed by atoms with Crippen molar-refractivity contribution < 1.29 is 23.9 Å². The monoisotopic (exact) mass is 427 g/mol. The molecule has 2 heterocycles. The minimum atomic E-state index is -1.00. The molecular formula is C21H21N3O5S. The first-order valence-electron chi connectivity index (χ1n) is 9.26. The van der Waals surface area contributed by atoms with Crippen LogP contribution in [-0.4, -0.2) is 42.0 Å². The number of benzene rings is 1. The van der Waals surface area contributed by atoms with Crippen molar-refractivity contribution >= 4 is 41.1 Å². The maximum Gasteiger partial charge on any atom is 0.304 e. The van der Waals surface area contributed by atoms with Gasteiger partial charge in [-0.1, -0.05) is 36.4 Å². The fraction of sp³-hybridized carbons (Fsp3) is 0.238. The Morgan fingerprint density at radius 1 is 1.20 bits per heavy atom. The number of ether oxygens (including phenoxy) is 1. The zero-order valence-corrected chi connectivity index (χ0v) is 17.0. The molecule has 3 N–H and O–H groups in total. The molecule has 30 heavy (non-hydrogen) atoms. The van der Waals surface area contributed by atoms with Gasteiger partial charge in [0.15, 0.2) is 6.04 Å². The van der Waals surface area contributed by atoms with Crippen LogP contribution in [0.4, 0.5) is 0 Å². The first-order valence-corrected chi connectivity index (χ1v) is 10.1. The predicted molar refractivity (Wildman–Crippen MR) is 111 cm³/mol. The van der Waals surface area contributed by atoms with Gasteiger partial charge >= 0.3 is 5.97 Å². The lowest BCUT2D eigenvalue weighted by Crippen LogP contribution is -2.71. The van der Waals surface area contributed by atoms with E-state index >= 15 is 0 Å². The number of rotatable bonds is 8. The third-order valence-corrected chi connectivity index (χ3v) is 5.16. The van der Waals surface area contributed by atoms with E-state index in [9.17, 15) is 19.2 Å². The van der Waals surface area contributed by atoms with E-state index < -0.39 is 42.0 Å². The molecular weight excluding hydrogens is 406 g/mol. The summed E-state index contributed by atoms with van der Waals surface area (Å²) in [6.07, 6.45) is 2.33. The molecule has 156 valence electrons. The first-order chi connectivity index (χ1) is 14.4. The number of hydrogen-bond donors (Lipinski definition) is 3. The summed E-state index contributed by atoms with van der Waals surface area (Å²) in [6, 6.07) is 11.0. The molecule has 1 fully saturated rings. The van der Waals surface area contributed by atoms with Crippen molar-refractivity contribution in [2.45, 2.75) is 31.7 Å². The van der Waals surface area contributed by atoms with Crippen LogP contribution in [0.5, 0.6) is 0 Å². The van der Waals surface area contributed by atoms with E-state index in [-0.39, 0.29) is 6.42 Å². The third kappa shape index (κ3) is 5.77. The van der Waals surface area contributed by atoms with E-state index in [1.165, 1.54) is 24.3 Å². The van der Waals surface area contributed by atoms with Crippen molar-refractivity contribution in [2.24, 2.45) is 0 Å². The van der Waals surface area contributed by atoms with Crippen LogP contribution in [0.3, 0.4) is 0 Å². The van der Waals surface area contributed by atoms with Crippen molar-refractivity contribution in [3.05, 3.63) is 64.4 Å². The molecule has 0 spiro atoms. The molecule has 0 aliphatic carbocycles. The Hall–Kier alpha value is -3.46. The second-order valence-electron chi connectivity index (χ2n) is 6.62. The summed E-state index contributed by atoms with van der Waals surface area (Å²) < 4.78 is 4.95. The van der Waals surface area contributed by atoms with E-state index in [4.69, 9.17) is 4.74 Å². The number of thiophene rings is 1. The van der Waals surface area contributed by atoms with Gasteiger partial charge in [0.25, 0.3) is 5.91 Å². The number of carbonyl (C=O) groups is 4. The van der Waals surface area contributed by atoms with Gasteiger partial charge < -0.3 is 20.7 Å². The van der Waals surface area contributed by atoms with Crippen LogP contribution in [0.25, 0.3) is 6.08 Å². The lowest BCUT2D eigenvalue weighted by molar-refractivity contribution is -0.164. The Balaban J connectivity index is 1.68. The van der Waals surface area contributed by atoms with Gasteiger partial charge in [-0.05, 0) is 23.1 Å². The highest BCUT2D eigenvalue weighted by Gasteiger charge is 2.43. The summed E-state index contributed by atoms with van der Waals surface area (Å²) in [5, 5.41) is 9.53. The number of nitrogens with one attached hydrogen (secondary N) is 3. The molecule has 8 nitrogen and oxygen atoms in total. The van der Waals surface area contributed by atoms with E-state index in [1.54, 1.807) is 6.08 Å². The van der Waals surface area contributed by atoms with E-state index in [1.807, 2.05) is 47.8 Å². The van der Waals surface area contributed by atoms with E-state index in [2.05, 4.69) is 16.0 Å². The molecule has 1 saturated heterocycles. The maximum absolute atomic E-state index is 12.8. The highest BCUT2D eigenvalue weighted by molar-refractivity contribution is 7.10. The van der Waals surface area contributed by atoms with Crippen LogP contribution >= 0.6 is 11.3 Å². The van der Waals surface area contributed by atoms with Gasteiger partial charge in [0, 0.05) is 24.3 Å². The summed E-state index contributed by atoms with van der Waals surface area (Å²) in [5.41, 5.74) is 0.842. The van der Waals surface area contributed by atoms with Crippen LogP contribution in [0, 0.1) is 0 Å². The Morgan fingerprint density at radius 3 is 2.60 bits per heavy atom.